The van der Waals surface area contributed by atoms with Crippen molar-refractivity contribution in [3.8, 4) is 0 Å². The Labute approximate surface area is 196 Å². The zero-order valence-corrected chi connectivity index (χ0v) is 17.1. The standard InChI is InChI=1S/C21H23N7O2S/c1-13-5-6-15(11-19(13)31(22,29)30)24-21-23-10-9-20(25-21)27(3)16-7-8-17-14(2)28(4)26-18(17)12-16/h5-12H,1-4H3,(H2,22,29,30)(H,23,24,25)/i1D3,2D3,7D,8D,9D,10D,12D. The van der Waals surface area contributed by atoms with Crippen LogP contribution in [0.25, 0.3) is 10.9 Å². The number of hydrogen-bond acceptors (Lipinski definition) is 7. The van der Waals surface area contributed by atoms with Crippen LogP contribution in [0.15, 0.2) is 53.4 Å². The molecule has 0 aliphatic heterocycles. The molecule has 0 saturated carbocycles. The Morgan fingerprint density at radius 2 is 2.10 bits per heavy atom. The third-order valence-corrected chi connectivity index (χ3v) is 5.28. The molecule has 2 aromatic carbocycles. The fourth-order valence-electron chi connectivity index (χ4n) is 2.73. The van der Waals surface area contributed by atoms with Crippen LogP contribution in [0.2, 0.25) is 0 Å². The second-order valence-corrected chi connectivity index (χ2v) is 8.00. The van der Waals surface area contributed by atoms with Crippen molar-refractivity contribution in [1.29, 1.82) is 0 Å². The maximum absolute atomic E-state index is 12.1. The number of benzene rings is 2. The number of nitrogens with two attached hydrogens (primary N) is 1. The third kappa shape index (κ3) is 4.07. The number of primary sulfonamides is 1. The average Bonchev–Trinajstić information content (AvgIpc) is 3.21. The first-order valence-corrected chi connectivity index (χ1v) is 10.2. The van der Waals surface area contributed by atoms with Gasteiger partial charge in [0.05, 0.1) is 17.3 Å². The fourth-order valence-corrected chi connectivity index (χ4v) is 3.40. The first-order valence-electron chi connectivity index (χ1n) is 14.1. The molecule has 0 saturated heterocycles. The minimum absolute atomic E-state index is 0.0133. The smallest absolute Gasteiger partial charge is 0.238 e. The molecule has 0 atom stereocenters. The SMILES string of the molecule is [2H]c1nc(Nc2ccc(C([2H])([2H])[2H])c(S(N)(=O)=O)c2)nc(N(C)c2c([2H])c([2H])c3c(C([2H])([2H])[2H])n(C)nc3c2[2H])c1[2H]. The number of anilines is 4. The maximum atomic E-state index is 12.1. The second kappa shape index (κ2) is 7.64. The molecule has 160 valence electrons. The molecule has 2 heterocycles. The van der Waals surface area contributed by atoms with Crippen LogP contribution < -0.4 is 15.4 Å². The molecule has 0 fully saturated rings. The zero-order chi connectivity index (χ0) is 31.7. The van der Waals surface area contributed by atoms with E-state index < -0.39 is 64.5 Å². The minimum Gasteiger partial charge on any atom is -0.329 e. The topological polar surface area (TPSA) is 119 Å². The summed E-state index contributed by atoms with van der Waals surface area (Å²) >= 11 is 0. The molecule has 0 aliphatic carbocycles. The van der Waals surface area contributed by atoms with Gasteiger partial charge in [0.2, 0.25) is 16.0 Å². The van der Waals surface area contributed by atoms with E-state index in [1.165, 1.54) is 20.2 Å². The molecule has 0 spiro atoms. The van der Waals surface area contributed by atoms with Gasteiger partial charge in [0.1, 0.15) is 5.82 Å². The van der Waals surface area contributed by atoms with Gasteiger partial charge < -0.3 is 10.2 Å². The highest BCUT2D eigenvalue weighted by Gasteiger charge is 2.14. The summed E-state index contributed by atoms with van der Waals surface area (Å²) in [6.45, 7) is -5.47. The van der Waals surface area contributed by atoms with Gasteiger partial charge in [-0.2, -0.15) is 10.1 Å². The van der Waals surface area contributed by atoms with Crippen molar-refractivity contribution in [2.45, 2.75) is 18.6 Å². The first kappa shape index (κ1) is 11.2. The number of sulfonamides is 1. The van der Waals surface area contributed by atoms with Crippen molar-refractivity contribution in [2.75, 3.05) is 17.3 Å². The van der Waals surface area contributed by atoms with Crippen LogP contribution in [0.3, 0.4) is 0 Å². The Morgan fingerprint density at radius 3 is 2.84 bits per heavy atom. The monoisotopic (exact) mass is 448 g/mol. The molecule has 0 unspecified atom stereocenters. The number of fused-ring (bicyclic) bond motifs is 1. The van der Waals surface area contributed by atoms with Gasteiger partial charge in [-0.15, -0.1) is 0 Å². The van der Waals surface area contributed by atoms with E-state index in [-0.39, 0.29) is 39.7 Å². The second-order valence-electron chi connectivity index (χ2n) is 6.47. The molecule has 0 aliphatic rings. The van der Waals surface area contributed by atoms with E-state index in [4.69, 9.17) is 20.2 Å². The van der Waals surface area contributed by atoms with Gasteiger partial charge >= 0.3 is 0 Å². The molecule has 0 bridgehead atoms. The van der Waals surface area contributed by atoms with Crippen LogP contribution in [0, 0.1) is 13.7 Å². The lowest BCUT2D eigenvalue weighted by molar-refractivity contribution is 0.597. The van der Waals surface area contributed by atoms with Gasteiger partial charge in [-0.1, -0.05) is 6.07 Å². The van der Waals surface area contributed by atoms with Crippen LogP contribution in [-0.4, -0.2) is 35.2 Å². The molecule has 2 aromatic heterocycles. The minimum atomic E-state index is -4.46. The number of aromatic nitrogens is 4. The Bertz CT molecular complexity index is 1850. The van der Waals surface area contributed by atoms with Crippen molar-refractivity contribution >= 4 is 44.1 Å². The van der Waals surface area contributed by atoms with Gasteiger partial charge in [-0.25, -0.2) is 18.5 Å². The Hall–Kier alpha value is -3.50. The number of hydrogen-bond donors (Lipinski definition) is 2. The summed E-state index contributed by atoms with van der Waals surface area (Å²) in [5, 5.41) is 11.8. The summed E-state index contributed by atoms with van der Waals surface area (Å²) < 4.78 is 114. The zero-order valence-electron chi connectivity index (χ0n) is 27.3. The highest BCUT2D eigenvalue weighted by Crippen LogP contribution is 2.28. The average molecular weight is 449 g/mol. The van der Waals surface area contributed by atoms with E-state index in [9.17, 15) is 8.42 Å². The van der Waals surface area contributed by atoms with E-state index >= 15 is 0 Å². The van der Waals surface area contributed by atoms with E-state index in [0.717, 1.165) is 21.7 Å². The molecule has 3 N–H and O–H groups in total. The van der Waals surface area contributed by atoms with Crippen LogP contribution in [0.4, 0.5) is 23.1 Å². The van der Waals surface area contributed by atoms with Crippen LogP contribution in [0.1, 0.15) is 26.3 Å². The molecule has 4 aromatic rings. The van der Waals surface area contributed by atoms with Crippen molar-refractivity contribution in [3.05, 3.63) is 59.8 Å². The molecule has 31 heavy (non-hydrogen) atoms. The molecule has 10 heteroatoms. The number of rotatable bonds is 5. The molecular formula is C21H23N7O2S. The normalized spacial score (nSPS) is 17.6. The van der Waals surface area contributed by atoms with Crippen LogP contribution >= 0.6 is 0 Å². The summed E-state index contributed by atoms with van der Waals surface area (Å²) in [5.41, 5.74) is -1.26. The summed E-state index contributed by atoms with van der Waals surface area (Å²) in [6, 6.07) is 1.21. The van der Waals surface area contributed by atoms with Crippen molar-refractivity contribution in [3.63, 3.8) is 0 Å². The fraction of sp³-hybridized carbons (Fsp3) is 0.190. The van der Waals surface area contributed by atoms with Gasteiger partial charge in [0.15, 0.2) is 0 Å². The lowest BCUT2D eigenvalue weighted by Crippen LogP contribution is -2.14. The maximum Gasteiger partial charge on any atom is 0.238 e. The first-order chi connectivity index (χ1) is 19.1. The van der Waals surface area contributed by atoms with E-state index in [1.807, 2.05) is 0 Å². The number of nitrogens with zero attached hydrogens (tertiary/aromatic N) is 5. The van der Waals surface area contributed by atoms with Gasteiger partial charge in [0, 0.05) is 50.9 Å². The Morgan fingerprint density at radius 1 is 1.26 bits per heavy atom. The quantitative estimate of drug-likeness (QED) is 0.481. The van der Waals surface area contributed by atoms with Crippen LogP contribution in [0.5, 0.6) is 0 Å². The lowest BCUT2D eigenvalue weighted by Gasteiger charge is -2.19. The summed E-state index contributed by atoms with van der Waals surface area (Å²) in [5.74, 6) is -0.622. The van der Waals surface area contributed by atoms with Crippen molar-refractivity contribution < 1.29 is 23.5 Å². The Kier molecular flexibility index (Phi) is 2.76. The molecule has 0 radical (unpaired) electrons. The van der Waals surface area contributed by atoms with Gasteiger partial charge in [-0.3, -0.25) is 4.68 Å². The largest absolute Gasteiger partial charge is 0.329 e. The molecule has 0 amide bonds. The van der Waals surface area contributed by atoms with Crippen molar-refractivity contribution in [1.82, 2.24) is 19.7 Å². The summed E-state index contributed by atoms with van der Waals surface area (Å²) in [6.07, 6.45) is -0.604. The molecular weight excluding hydrogens is 414 g/mol. The third-order valence-electron chi connectivity index (χ3n) is 4.33. The summed E-state index contributed by atoms with van der Waals surface area (Å²) in [4.78, 5) is 8.45. The highest BCUT2D eigenvalue weighted by atomic mass is 32.2. The van der Waals surface area contributed by atoms with Gasteiger partial charge in [-0.05, 0) is 55.6 Å². The van der Waals surface area contributed by atoms with E-state index in [2.05, 4.69) is 20.4 Å². The molecule has 4 rings (SSSR count). The van der Waals surface area contributed by atoms with Crippen molar-refractivity contribution in [2.24, 2.45) is 12.2 Å². The lowest BCUT2D eigenvalue weighted by atomic mass is 10.2. The van der Waals surface area contributed by atoms with Crippen LogP contribution in [-0.2, 0) is 17.1 Å². The highest BCUT2D eigenvalue weighted by molar-refractivity contribution is 7.89. The predicted octanol–water partition coefficient (Wildman–Crippen LogP) is 3.14. The van der Waals surface area contributed by atoms with Gasteiger partial charge in [0.25, 0.3) is 0 Å². The number of nitrogens with one attached hydrogen (secondary N) is 1. The predicted molar refractivity (Wildman–Crippen MR) is 121 cm³/mol. The number of aryl methyl sites for hydroxylation is 3. The molecule has 9 nitrogen and oxygen atoms in total. The van der Waals surface area contributed by atoms with E-state index in [0.29, 0.717) is 0 Å². The Balaban J connectivity index is 1.85. The summed E-state index contributed by atoms with van der Waals surface area (Å²) in [7, 11) is -1.80. The van der Waals surface area contributed by atoms with E-state index in [1.54, 1.807) is 0 Å².